The molecular weight excluding hydrogens is 731 g/mol. The Kier molecular flexibility index (Phi) is 6.78. The van der Waals surface area contributed by atoms with E-state index in [4.69, 9.17) is 4.74 Å². The highest BCUT2D eigenvalue weighted by molar-refractivity contribution is 7.21. The molecule has 0 saturated heterocycles. The van der Waals surface area contributed by atoms with Crippen LogP contribution in [0.1, 0.15) is 0 Å². The fourth-order valence-electron chi connectivity index (χ4n) is 10.5. The molecule has 0 bridgehead atoms. The van der Waals surface area contributed by atoms with Gasteiger partial charge in [0.1, 0.15) is 11.5 Å². The van der Waals surface area contributed by atoms with Crippen molar-refractivity contribution in [2.24, 2.45) is 0 Å². The molecule has 1 atom stereocenters. The Hall–Kier alpha value is -7.46. The van der Waals surface area contributed by atoms with Crippen LogP contribution in [0, 0.1) is 0 Å². The summed E-state index contributed by atoms with van der Waals surface area (Å²) >= 11 is 0. The SMILES string of the molecule is c1ccc2c(c1)Oc1cc(-c3ccc4ccc5cccc6ccc3c4c56)ccc1[Si]2(c1ccc2ccccc2c1)c1ccccc1-n1c2ccccc2c2ccccc21. The van der Waals surface area contributed by atoms with Gasteiger partial charge in [-0.2, -0.15) is 0 Å². The summed E-state index contributed by atoms with van der Waals surface area (Å²) in [6.07, 6.45) is 0. The van der Waals surface area contributed by atoms with E-state index < -0.39 is 8.07 Å². The van der Waals surface area contributed by atoms with E-state index in [0.29, 0.717) is 0 Å². The molecule has 274 valence electrons. The Labute approximate surface area is 342 Å². The number of hydrogen-bond donors (Lipinski definition) is 0. The Morgan fingerprint density at radius 1 is 0.356 bits per heavy atom. The van der Waals surface area contributed by atoms with E-state index in [2.05, 4.69) is 217 Å². The summed E-state index contributed by atoms with van der Waals surface area (Å²) in [4.78, 5) is 0. The second-order valence-electron chi connectivity index (χ2n) is 16.0. The second-order valence-corrected chi connectivity index (χ2v) is 19.7. The highest BCUT2D eigenvalue weighted by Gasteiger charge is 2.49. The monoisotopic (exact) mass is 765 g/mol. The van der Waals surface area contributed by atoms with Gasteiger partial charge in [-0.15, -0.1) is 0 Å². The number of rotatable bonds is 4. The zero-order chi connectivity index (χ0) is 38.7. The molecule has 2 heterocycles. The summed E-state index contributed by atoms with van der Waals surface area (Å²) in [6.45, 7) is 0. The fourth-order valence-corrected chi connectivity index (χ4v) is 15.7. The van der Waals surface area contributed by atoms with Crippen molar-refractivity contribution < 1.29 is 4.74 Å². The van der Waals surface area contributed by atoms with E-state index in [1.165, 1.54) is 96.9 Å². The lowest BCUT2D eigenvalue weighted by molar-refractivity contribution is 0.487. The molecule has 0 aliphatic carbocycles. The van der Waals surface area contributed by atoms with Crippen LogP contribution in [0.5, 0.6) is 11.5 Å². The number of ether oxygens (including phenoxy) is 1. The first-order valence-corrected chi connectivity index (χ1v) is 22.4. The van der Waals surface area contributed by atoms with Crippen LogP contribution in [0.2, 0.25) is 0 Å². The number of para-hydroxylation sites is 4. The number of benzene rings is 11. The molecule has 3 heteroatoms. The average molecular weight is 766 g/mol. The zero-order valence-electron chi connectivity index (χ0n) is 32.1. The largest absolute Gasteiger partial charge is 0.458 e. The van der Waals surface area contributed by atoms with Crippen molar-refractivity contribution in [1.29, 1.82) is 0 Å². The molecular formula is C56H35NOSi. The van der Waals surface area contributed by atoms with Gasteiger partial charge in [-0.25, -0.2) is 0 Å². The van der Waals surface area contributed by atoms with Gasteiger partial charge in [-0.1, -0.05) is 182 Å². The molecule has 1 aromatic heterocycles. The van der Waals surface area contributed by atoms with Gasteiger partial charge in [0, 0.05) is 16.5 Å². The van der Waals surface area contributed by atoms with Crippen LogP contribution in [0.3, 0.4) is 0 Å². The summed E-state index contributed by atoms with van der Waals surface area (Å²) in [7, 11) is -3.14. The number of nitrogens with zero attached hydrogens (tertiary/aromatic N) is 1. The maximum atomic E-state index is 7.15. The third-order valence-electron chi connectivity index (χ3n) is 13.0. The van der Waals surface area contributed by atoms with E-state index in [9.17, 15) is 0 Å². The summed E-state index contributed by atoms with van der Waals surface area (Å²) < 4.78 is 9.66. The lowest BCUT2D eigenvalue weighted by Crippen LogP contribution is -2.76. The summed E-state index contributed by atoms with van der Waals surface area (Å²) in [5.74, 6) is 1.84. The topological polar surface area (TPSA) is 14.2 Å². The van der Waals surface area contributed by atoms with Crippen LogP contribution in [0.4, 0.5) is 0 Å². The number of fused-ring (bicyclic) bond motifs is 6. The van der Waals surface area contributed by atoms with Crippen LogP contribution in [0.15, 0.2) is 212 Å². The summed E-state index contributed by atoms with van der Waals surface area (Å²) in [5.41, 5.74) is 5.97. The van der Waals surface area contributed by atoms with Crippen LogP contribution >= 0.6 is 0 Å². The van der Waals surface area contributed by atoms with Crippen LogP contribution in [-0.2, 0) is 0 Å². The van der Waals surface area contributed by atoms with E-state index >= 15 is 0 Å². The molecule has 12 aromatic rings. The van der Waals surface area contributed by atoms with Crippen molar-refractivity contribution in [3.63, 3.8) is 0 Å². The zero-order valence-corrected chi connectivity index (χ0v) is 33.1. The van der Waals surface area contributed by atoms with E-state index in [-0.39, 0.29) is 0 Å². The average Bonchev–Trinajstić information content (AvgIpc) is 3.64. The third-order valence-corrected chi connectivity index (χ3v) is 17.9. The van der Waals surface area contributed by atoms with Crippen molar-refractivity contribution in [2.45, 2.75) is 0 Å². The molecule has 2 nitrogen and oxygen atoms in total. The van der Waals surface area contributed by atoms with E-state index in [1.807, 2.05) is 0 Å². The van der Waals surface area contributed by atoms with Gasteiger partial charge in [0.15, 0.2) is 8.07 Å². The molecule has 1 aliphatic rings. The molecule has 0 radical (unpaired) electrons. The molecule has 0 spiro atoms. The number of hydrogen-bond acceptors (Lipinski definition) is 1. The predicted molar refractivity (Wildman–Crippen MR) is 251 cm³/mol. The minimum absolute atomic E-state index is 0.920. The Bertz CT molecular complexity index is 3600. The molecule has 1 aliphatic heterocycles. The molecule has 0 saturated carbocycles. The van der Waals surface area contributed by atoms with Crippen LogP contribution in [-0.4, -0.2) is 12.6 Å². The lowest BCUT2D eigenvalue weighted by atomic mass is 9.90. The Morgan fingerprint density at radius 2 is 0.949 bits per heavy atom. The van der Waals surface area contributed by atoms with Gasteiger partial charge in [-0.3, -0.25) is 0 Å². The summed E-state index contributed by atoms with van der Waals surface area (Å²) in [6, 6.07) is 79.0. The minimum Gasteiger partial charge on any atom is -0.458 e. The predicted octanol–water partition coefficient (Wildman–Crippen LogP) is 12.0. The molecule has 11 aromatic carbocycles. The van der Waals surface area contributed by atoms with E-state index in [0.717, 1.165) is 17.1 Å². The standard InChI is InChI=1S/C56H35NOSi/c1-2-13-40-34-42(30-26-36(40)12-1)59(52-22-9-7-20-49(52)57-47-18-5-3-16-44(47)45-17-4-6-19-48(45)57)53-23-10-8-21-50(53)58-51-35-41(29-33-54(51)59)43-31-27-39-25-24-37-14-11-15-38-28-32-46(43)56(39)55(37)38/h1-35H. The molecule has 0 amide bonds. The van der Waals surface area contributed by atoms with Crippen molar-refractivity contribution >= 4 is 93.7 Å². The normalized spacial score (nSPS) is 15.0. The van der Waals surface area contributed by atoms with Gasteiger partial charge in [0.25, 0.3) is 0 Å². The molecule has 0 fully saturated rings. The van der Waals surface area contributed by atoms with Gasteiger partial charge < -0.3 is 9.30 Å². The van der Waals surface area contributed by atoms with Crippen molar-refractivity contribution in [2.75, 3.05) is 0 Å². The first kappa shape index (κ1) is 32.6. The Balaban J connectivity index is 1.14. The first-order chi connectivity index (χ1) is 29.3. The highest BCUT2D eigenvalue weighted by Crippen LogP contribution is 2.41. The number of aromatic nitrogens is 1. The second kappa shape index (κ2) is 12.3. The summed E-state index contributed by atoms with van der Waals surface area (Å²) in [5, 5.41) is 17.9. The van der Waals surface area contributed by atoms with Crippen molar-refractivity contribution in [3.8, 4) is 28.3 Å². The maximum absolute atomic E-state index is 7.15. The Morgan fingerprint density at radius 3 is 1.76 bits per heavy atom. The molecule has 59 heavy (non-hydrogen) atoms. The minimum atomic E-state index is -3.14. The quantitative estimate of drug-likeness (QED) is 0.129. The van der Waals surface area contributed by atoms with Crippen molar-refractivity contribution in [3.05, 3.63) is 212 Å². The fraction of sp³-hybridized carbons (Fsp3) is 0. The van der Waals surface area contributed by atoms with E-state index in [1.54, 1.807) is 0 Å². The van der Waals surface area contributed by atoms with Gasteiger partial charge in [-0.05, 0) is 105 Å². The maximum Gasteiger partial charge on any atom is 0.190 e. The molecule has 0 N–H and O–H groups in total. The lowest BCUT2D eigenvalue weighted by Gasteiger charge is -2.41. The van der Waals surface area contributed by atoms with Gasteiger partial charge in [0.2, 0.25) is 0 Å². The first-order valence-electron chi connectivity index (χ1n) is 20.4. The van der Waals surface area contributed by atoms with Gasteiger partial charge >= 0.3 is 0 Å². The smallest absolute Gasteiger partial charge is 0.190 e. The highest BCUT2D eigenvalue weighted by atomic mass is 28.3. The molecule has 13 rings (SSSR count). The van der Waals surface area contributed by atoms with Crippen LogP contribution < -0.4 is 25.5 Å². The van der Waals surface area contributed by atoms with Crippen molar-refractivity contribution in [1.82, 2.24) is 4.57 Å². The van der Waals surface area contributed by atoms with Gasteiger partial charge in [0.05, 0.1) is 11.0 Å². The van der Waals surface area contributed by atoms with Crippen LogP contribution in [0.25, 0.3) is 81.7 Å². The third kappa shape index (κ3) is 4.51. The molecule has 1 unspecified atom stereocenters.